The van der Waals surface area contributed by atoms with Gasteiger partial charge in [-0.2, -0.15) is 0 Å². The van der Waals surface area contributed by atoms with E-state index < -0.39 is 0 Å². The third-order valence-electron chi connectivity index (χ3n) is 3.87. The molecule has 0 aliphatic heterocycles. The van der Waals surface area contributed by atoms with Crippen LogP contribution in [0.1, 0.15) is 62.1 Å². The van der Waals surface area contributed by atoms with Gasteiger partial charge in [0.1, 0.15) is 0 Å². The summed E-state index contributed by atoms with van der Waals surface area (Å²) in [6, 6.07) is 7.09. The molecule has 17 heavy (non-hydrogen) atoms. The summed E-state index contributed by atoms with van der Waals surface area (Å²) < 4.78 is 0. The standard InChI is InChI=1S/C16H23Br/c1-11-5-6-12-7-8-13(16(2,3)4)10-14(12)15(17)9-11/h7-8,10-11,15H,5-6,9H2,1-4H3. The molecule has 1 heteroatoms. The average molecular weight is 295 g/mol. The quantitative estimate of drug-likeness (QED) is 0.444. The normalized spacial score (nSPS) is 25.2. The lowest BCUT2D eigenvalue weighted by atomic mass is 9.84. The van der Waals surface area contributed by atoms with Gasteiger partial charge in [-0.05, 0) is 47.3 Å². The molecule has 0 N–H and O–H groups in total. The highest BCUT2D eigenvalue weighted by Gasteiger charge is 2.22. The summed E-state index contributed by atoms with van der Waals surface area (Å²) in [7, 11) is 0. The second-order valence-electron chi connectivity index (χ2n) is 6.51. The molecule has 0 spiro atoms. The Balaban J connectivity index is 2.41. The number of hydrogen-bond acceptors (Lipinski definition) is 0. The van der Waals surface area contributed by atoms with E-state index in [9.17, 15) is 0 Å². The minimum Gasteiger partial charge on any atom is -0.0839 e. The summed E-state index contributed by atoms with van der Waals surface area (Å²) in [4.78, 5) is 0.539. The molecule has 0 fully saturated rings. The van der Waals surface area contributed by atoms with E-state index in [2.05, 4.69) is 61.8 Å². The van der Waals surface area contributed by atoms with Crippen LogP contribution < -0.4 is 0 Å². The highest BCUT2D eigenvalue weighted by Crippen LogP contribution is 2.39. The molecular weight excluding hydrogens is 272 g/mol. The maximum atomic E-state index is 3.88. The first-order chi connectivity index (χ1) is 7.88. The van der Waals surface area contributed by atoms with Crippen LogP contribution in [0, 0.1) is 5.92 Å². The van der Waals surface area contributed by atoms with E-state index in [0.717, 1.165) is 5.92 Å². The van der Waals surface area contributed by atoms with Crippen molar-refractivity contribution in [2.45, 2.75) is 57.2 Å². The van der Waals surface area contributed by atoms with Gasteiger partial charge in [0.2, 0.25) is 0 Å². The predicted octanol–water partition coefficient (Wildman–Crippen LogP) is 5.39. The van der Waals surface area contributed by atoms with E-state index in [1.165, 1.54) is 30.4 Å². The Morgan fingerprint density at radius 2 is 1.94 bits per heavy atom. The zero-order valence-corrected chi connectivity index (χ0v) is 13.0. The van der Waals surface area contributed by atoms with Crippen molar-refractivity contribution in [2.75, 3.05) is 0 Å². The number of halogens is 1. The fourth-order valence-electron chi connectivity index (χ4n) is 2.58. The Kier molecular flexibility index (Phi) is 3.68. The van der Waals surface area contributed by atoms with E-state index in [-0.39, 0.29) is 5.41 Å². The third kappa shape index (κ3) is 2.93. The molecule has 1 aliphatic carbocycles. The van der Waals surface area contributed by atoms with Gasteiger partial charge in [0, 0.05) is 4.83 Å². The van der Waals surface area contributed by atoms with Crippen LogP contribution in [0.4, 0.5) is 0 Å². The van der Waals surface area contributed by atoms with Crippen LogP contribution >= 0.6 is 15.9 Å². The maximum absolute atomic E-state index is 3.88. The maximum Gasteiger partial charge on any atom is 0.0400 e. The van der Waals surface area contributed by atoms with Gasteiger partial charge in [-0.1, -0.05) is 61.8 Å². The van der Waals surface area contributed by atoms with Gasteiger partial charge in [0.15, 0.2) is 0 Å². The van der Waals surface area contributed by atoms with Gasteiger partial charge in [-0.3, -0.25) is 0 Å². The van der Waals surface area contributed by atoms with Crippen molar-refractivity contribution < 1.29 is 0 Å². The molecule has 0 saturated carbocycles. The Morgan fingerprint density at radius 3 is 2.59 bits per heavy atom. The van der Waals surface area contributed by atoms with Crippen LogP contribution in [0.15, 0.2) is 18.2 Å². The topological polar surface area (TPSA) is 0 Å². The molecule has 1 aliphatic rings. The molecule has 0 amide bonds. The van der Waals surface area contributed by atoms with Gasteiger partial charge in [-0.15, -0.1) is 0 Å². The second-order valence-corrected chi connectivity index (χ2v) is 7.62. The van der Waals surface area contributed by atoms with Crippen molar-refractivity contribution in [2.24, 2.45) is 5.92 Å². The molecule has 2 unspecified atom stereocenters. The first kappa shape index (κ1) is 13.1. The zero-order chi connectivity index (χ0) is 12.6. The number of aryl methyl sites for hydroxylation is 1. The number of hydrogen-bond donors (Lipinski definition) is 0. The van der Waals surface area contributed by atoms with Crippen LogP contribution in [0.5, 0.6) is 0 Å². The van der Waals surface area contributed by atoms with Crippen molar-refractivity contribution >= 4 is 15.9 Å². The van der Waals surface area contributed by atoms with E-state index in [1.807, 2.05) is 0 Å². The van der Waals surface area contributed by atoms with Crippen LogP contribution in [0.2, 0.25) is 0 Å². The Labute approximate surface area is 114 Å². The largest absolute Gasteiger partial charge is 0.0839 e. The molecule has 2 rings (SSSR count). The van der Waals surface area contributed by atoms with Crippen molar-refractivity contribution in [3.63, 3.8) is 0 Å². The Morgan fingerprint density at radius 1 is 1.24 bits per heavy atom. The summed E-state index contributed by atoms with van der Waals surface area (Å²) in [5.41, 5.74) is 4.78. The van der Waals surface area contributed by atoms with Gasteiger partial charge >= 0.3 is 0 Å². The van der Waals surface area contributed by atoms with E-state index >= 15 is 0 Å². The van der Waals surface area contributed by atoms with Crippen LogP contribution in [-0.4, -0.2) is 0 Å². The van der Waals surface area contributed by atoms with Gasteiger partial charge < -0.3 is 0 Å². The predicted molar refractivity (Wildman–Crippen MR) is 78.9 cm³/mol. The molecule has 0 bridgehead atoms. The molecule has 0 saturated heterocycles. The molecule has 2 atom stereocenters. The SMILES string of the molecule is CC1CCc2ccc(C(C)(C)C)cc2C(Br)C1. The molecule has 0 radical (unpaired) electrons. The number of alkyl halides is 1. The lowest BCUT2D eigenvalue weighted by Gasteiger charge is -2.22. The Bertz CT molecular complexity index is 400. The van der Waals surface area contributed by atoms with Crippen molar-refractivity contribution in [1.29, 1.82) is 0 Å². The minimum absolute atomic E-state index is 0.250. The lowest BCUT2D eigenvalue weighted by Crippen LogP contribution is -2.12. The number of benzene rings is 1. The van der Waals surface area contributed by atoms with E-state index in [4.69, 9.17) is 0 Å². The molecule has 1 aromatic carbocycles. The number of rotatable bonds is 0. The summed E-state index contributed by atoms with van der Waals surface area (Å²) in [5, 5.41) is 0. The minimum atomic E-state index is 0.250. The smallest absolute Gasteiger partial charge is 0.0400 e. The molecule has 94 valence electrons. The second kappa shape index (κ2) is 4.76. The molecule has 1 aromatic rings. The van der Waals surface area contributed by atoms with Gasteiger partial charge in [0.25, 0.3) is 0 Å². The zero-order valence-electron chi connectivity index (χ0n) is 11.4. The monoisotopic (exact) mass is 294 g/mol. The van der Waals surface area contributed by atoms with Crippen molar-refractivity contribution in [3.05, 3.63) is 34.9 Å². The summed E-state index contributed by atoms with van der Waals surface area (Å²) >= 11 is 3.88. The van der Waals surface area contributed by atoms with Crippen LogP contribution in [-0.2, 0) is 11.8 Å². The fraction of sp³-hybridized carbons (Fsp3) is 0.625. The molecular formula is C16H23Br. The Hall–Kier alpha value is -0.300. The summed E-state index contributed by atoms with van der Waals surface area (Å²) in [5.74, 6) is 0.824. The van der Waals surface area contributed by atoms with Gasteiger partial charge in [0.05, 0.1) is 0 Å². The molecule has 0 heterocycles. The van der Waals surface area contributed by atoms with Gasteiger partial charge in [-0.25, -0.2) is 0 Å². The van der Waals surface area contributed by atoms with Crippen molar-refractivity contribution in [1.82, 2.24) is 0 Å². The first-order valence-corrected chi connectivity index (χ1v) is 7.57. The highest BCUT2D eigenvalue weighted by atomic mass is 79.9. The lowest BCUT2D eigenvalue weighted by molar-refractivity contribution is 0.508. The molecule has 0 nitrogen and oxygen atoms in total. The first-order valence-electron chi connectivity index (χ1n) is 6.65. The van der Waals surface area contributed by atoms with Crippen LogP contribution in [0.25, 0.3) is 0 Å². The van der Waals surface area contributed by atoms with Crippen molar-refractivity contribution in [3.8, 4) is 0 Å². The number of fused-ring (bicyclic) bond motifs is 1. The summed E-state index contributed by atoms with van der Waals surface area (Å²) in [6.45, 7) is 9.23. The van der Waals surface area contributed by atoms with E-state index in [0.29, 0.717) is 4.83 Å². The summed E-state index contributed by atoms with van der Waals surface area (Å²) in [6.07, 6.45) is 3.83. The highest BCUT2D eigenvalue weighted by molar-refractivity contribution is 9.09. The average Bonchev–Trinajstić information content (AvgIpc) is 2.37. The van der Waals surface area contributed by atoms with Crippen LogP contribution in [0.3, 0.4) is 0 Å². The fourth-order valence-corrected chi connectivity index (χ4v) is 3.65. The molecule has 0 aromatic heterocycles. The third-order valence-corrected chi connectivity index (χ3v) is 4.73. The van der Waals surface area contributed by atoms with E-state index in [1.54, 1.807) is 5.56 Å².